The van der Waals surface area contributed by atoms with Crippen LogP contribution in [0.3, 0.4) is 0 Å². The quantitative estimate of drug-likeness (QED) is 0.351. The maximum absolute atomic E-state index is 12.9. The zero-order valence-electron chi connectivity index (χ0n) is 17.4. The highest BCUT2D eigenvalue weighted by atomic mass is 32.2. The Morgan fingerprint density at radius 1 is 1.28 bits per heavy atom. The molecule has 0 aliphatic carbocycles. The van der Waals surface area contributed by atoms with Crippen LogP contribution in [0.1, 0.15) is 22.2 Å². The number of benzene rings is 1. The summed E-state index contributed by atoms with van der Waals surface area (Å²) in [5, 5.41) is 13.9. The molecule has 2 heterocycles. The second kappa shape index (κ2) is 11.9. The largest absolute Gasteiger partial charge is 0.488 e. The third-order valence-electron chi connectivity index (χ3n) is 3.88. The molecule has 1 atom stereocenters. The first-order valence-electron chi connectivity index (χ1n) is 9.50. The third-order valence-corrected chi connectivity index (χ3v) is 6.83. The van der Waals surface area contributed by atoms with E-state index in [1.807, 2.05) is 24.4 Å². The van der Waals surface area contributed by atoms with Gasteiger partial charge in [0.1, 0.15) is 24.2 Å². The van der Waals surface area contributed by atoms with Crippen LogP contribution in [0.15, 0.2) is 46.1 Å². The molecule has 0 spiro atoms. The predicted octanol–water partition coefficient (Wildman–Crippen LogP) is 4.63. The minimum atomic E-state index is -0.913. The van der Waals surface area contributed by atoms with E-state index < -0.39 is 5.97 Å². The van der Waals surface area contributed by atoms with E-state index in [1.165, 1.54) is 17.5 Å². The number of hydrogen-bond donors (Lipinski definition) is 2. The van der Waals surface area contributed by atoms with Crippen molar-refractivity contribution in [2.24, 2.45) is 0 Å². The summed E-state index contributed by atoms with van der Waals surface area (Å²) in [7, 11) is 1.59. The van der Waals surface area contributed by atoms with E-state index in [-0.39, 0.29) is 17.8 Å². The number of amides is 1. The number of rotatable bonds is 12. The van der Waals surface area contributed by atoms with Gasteiger partial charge in [-0.15, -0.1) is 23.1 Å². The number of thiophene rings is 1. The highest BCUT2D eigenvalue weighted by Crippen LogP contribution is 2.30. The number of nitrogens with zero attached hydrogens (tertiary/aromatic N) is 1. The van der Waals surface area contributed by atoms with Crippen molar-refractivity contribution in [3.05, 3.63) is 52.3 Å². The average Bonchev–Trinajstić information content (AvgIpc) is 3.43. The van der Waals surface area contributed by atoms with Gasteiger partial charge in [-0.05, 0) is 30.5 Å². The van der Waals surface area contributed by atoms with Crippen LogP contribution < -0.4 is 14.8 Å². The first-order chi connectivity index (χ1) is 15.4. The first-order valence-corrected chi connectivity index (χ1v) is 12.2. The standard InChI is InChI=1S/C21H22N2O6S3/c1-13(10-27-2)29-16-7-14(6-15(8-16)28-11-17-4-3-5-30-17)20(26)23-21-22-9-19(32-21)31-12-18(24)25/h3-9,13H,10-12H2,1-2H3,(H,24,25)(H,22,23,26)/t13-/m0/s1. The number of carboxylic acids is 1. The lowest BCUT2D eigenvalue weighted by Gasteiger charge is -2.16. The summed E-state index contributed by atoms with van der Waals surface area (Å²) < 4.78 is 17.6. The normalized spacial score (nSPS) is 11.7. The molecule has 0 aliphatic rings. The maximum Gasteiger partial charge on any atom is 0.313 e. The Kier molecular flexibility index (Phi) is 8.91. The number of anilines is 1. The number of carbonyl (C=O) groups excluding carboxylic acids is 1. The summed E-state index contributed by atoms with van der Waals surface area (Å²) in [5.74, 6) is -0.370. The Labute approximate surface area is 197 Å². The van der Waals surface area contributed by atoms with Crippen LogP contribution in [0.2, 0.25) is 0 Å². The summed E-state index contributed by atoms with van der Waals surface area (Å²) in [6.45, 7) is 2.65. The van der Waals surface area contributed by atoms with E-state index in [1.54, 1.807) is 36.6 Å². The van der Waals surface area contributed by atoms with Gasteiger partial charge < -0.3 is 19.3 Å². The first kappa shape index (κ1) is 24.1. The molecular formula is C21H22N2O6S3. The molecule has 0 saturated heterocycles. The number of hydrogen-bond acceptors (Lipinski definition) is 9. The van der Waals surface area contributed by atoms with Gasteiger partial charge in [-0.1, -0.05) is 17.4 Å². The van der Waals surface area contributed by atoms with Crippen molar-refractivity contribution in [3.63, 3.8) is 0 Å². The van der Waals surface area contributed by atoms with Crippen LogP contribution in [0, 0.1) is 0 Å². The summed E-state index contributed by atoms with van der Waals surface area (Å²) in [6, 6.07) is 8.94. The van der Waals surface area contributed by atoms with Gasteiger partial charge in [0.25, 0.3) is 5.91 Å². The molecule has 32 heavy (non-hydrogen) atoms. The second-order valence-corrected chi connectivity index (χ2v) is 9.90. The van der Waals surface area contributed by atoms with E-state index in [4.69, 9.17) is 19.3 Å². The molecular weight excluding hydrogens is 472 g/mol. The van der Waals surface area contributed by atoms with Crippen LogP contribution in [0.4, 0.5) is 5.13 Å². The average molecular weight is 495 g/mol. The molecule has 1 aromatic carbocycles. The highest BCUT2D eigenvalue weighted by Gasteiger charge is 2.15. The smallest absolute Gasteiger partial charge is 0.313 e. The van der Waals surface area contributed by atoms with Gasteiger partial charge in [0.05, 0.1) is 22.8 Å². The number of carbonyl (C=O) groups is 2. The summed E-state index contributed by atoms with van der Waals surface area (Å²) in [4.78, 5) is 28.8. The van der Waals surface area contributed by atoms with E-state index in [2.05, 4.69) is 10.3 Å². The summed E-state index contributed by atoms with van der Waals surface area (Å²) in [6.07, 6.45) is 1.33. The zero-order chi connectivity index (χ0) is 22.9. The Hall–Kier alpha value is -2.60. The van der Waals surface area contributed by atoms with Crippen molar-refractivity contribution in [1.82, 2.24) is 4.98 Å². The predicted molar refractivity (Wildman–Crippen MR) is 125 cm³/mol. The SMILES string of the molecule is COC[C@H](C)Oc1cc(OCc2cccs2)cc(C(=O)Nc2ncc(SCC(=O)O)s2)c1. The van der Waals surface area contributed by atoms with Crippen LogP contribution in [-0.4, -0.2) is 47.5 Å². The number of aliphatic carboxylic acids is 1. The Morgan fingerprint density at radius 3 is 2.81 bits per heavy atom. The molecule has 1 amide bonds. The van der Waals surface area contributed by atoms with Crippen LogP contribution in [-0.2, 0) is 16.1 Å². The van der Waals surface area contributed by atoms with Gasteiger partial charge in [-0.2, -0.15) is 0 Å². The minimum absolute atomic E-state index is 0.0699. The fourth-order valence-corrected chi connectivity index (χ4v) is 4.79. The van der Waals surface area contributed by atoms with Gasteiger partial charge in [-0.3, -0.25) is 14.9 Å². The van der Waals surface area contributed by atoms with Crippen molar-refractivity contribution in [1.29, 1.82) is 0 Å². The van der Waals surface area contributed by atoms with Crippen molar-refractivity contribution in [2.45, 2.75) is 23.8 Å². The van der Waals surface area contributed by atoms with E-state index in [0.717, 1.165) is 16.6 Å². The van der Waals surface area contributed by atoms with Gasteiger partial charge >= 0.3 is 5.97 Å². The molecule has 0 fully saturated rings. The van der Waals surface area contributed by atoms with Crippen molar-refractivity contribution in [3.8, 4) is 11.5 Å². The monoisotopic (exact) mass is 494 g/mol. The van der Waals surface area contributed by atoms with Gasteiger partial charge in [0.15, 0.2) is 5.13 Å². The lowest BCUT2D eigenvalue weighted by molar-refractivity contribution is -0.133. The van der Waals surface area contributed by atoms with Crippen molar-refractivity contribution < 1.29 is 28.9 Å². The summed E-state index contributed by atoms with van der Waals surface area (Å²) >= 11 is 3.95. The molecule has 0 saturated carbocycles. The second-order valence-electron chi connectivity index (χ2n) is 6.57. The molecule has 0 radical (unpaired) electrons. The van der Waals surface area contributed by atoms with Gasteiger partial charge in [0.2, 0.25) is 0 Å². The fourth-order valence-electron chi connectivity index (χ4n) is 2.59. The molecule has 0 bridgehead atoms. The molecule has 8 nitrogen and oxygen atoms in total. The Balaban J connectivity index is 1.74. The number of thioether (sulfide) groups is 1. The van der Waals surface area contributed by atoms with Crippen molar-refractivity contribution in [2.75, 3.05) is 24.8 Å². The lowest BCUT2D eigenvalue weighted by atomic mass is 10.2. The topological polar surface area (TPSA) is 107 Å². The molecule has 170 valence electrons. The number of aromatic nitrogens is 1. The molecule has 11 heteroatoms. The third kappa shape index (κ3) is 7.52. The highest BCUT2D eigenvalue weighted by molar-refractivity contribution is 8.01. The molecule has 0 aliphatic heterocycles. The number of carboxylic acid groups (broad SMARTS) is 1. The van der Waals surface area contributed by atoms with E-state index in [9.17, 15) is 9.59 Å². The molecule has 3 aromatic rings. The maximum atomic E-state index is 12.9. The molecule has 0 unspecified atom stereocenters. The molecule has 2 aromatic heterocycles. The number of nitrogens with one attached hydrogen (secondary N) is 1. The van der Waals surface area contributed by atoms with E-state index in [0.29, 0.717) is 39.6 Å². The fraction of sp³-hybridized carbons (Fsp3) is 0.286. The molecule has 3 rings (SSSR count). The number of thiazole rings is 1. The van der Waals surface area contributed by atoms with Gasteiger partial charge in [-0.25, -0.2) is 4.98 Å². The van der Waals surface area contributed by atoms with Crippen LogP contribution in [0.5, 0.6) is 11.5 Å². The number of methoxy groups -OCH3 is 1. The minimum Gasteiger partial charge on any atom is -0.488 e. The zero-order valence-corrected chi connectivity index (χ0v) is 19.9. The van der Waals surface area contributed by atoms with Crippen LogP contribution in [0.25, 0.3) is 0 Å². The molecule has 2 N–H and O–H groups in total. The Morgan fingerprint density at radius 2 is 2.09 bits per heavy atom. The summed E-state index contributed by atoms with van der Waals surface area (Å²) in [5.41, 5.74) is 0.350. The lowest BCUT2D eigenvalue weighted by Crippen LogP contribution is -2.18. The Bertz CT molecular complexity index is 1040. The number of ether oxygens (including phenoxy) is 3. The van der Waals surface area contributed by atoms with Crippen molar-refractivity contribution >= 4 is 51.4 Å². The van der Waals surface area contributed by atoms with Crippen LogP contribution >= 0.6 is 34.4 Å². The van der Waals surface area contributed by atoms with E-state index >= 15 is 0 Å². The van der Waals surface area contributed by atoms with Gasteiger partial charge in [0, 0.05) is 23.6 Å².